The van der Waals surface area contributed by atoms with E-state index in [2.05, 4.69) is 10.6 Å². The van der Waals surface area contributed by atoms with Gasteiger partial charge in [-0.1, -0.05) is 36.4 Å². The molecule has 3 rings (SSSR count). The lowest BCUT2D eigenvalue weighted by molar-refractivity contribution is -0.119. The van der Waals surface area contributed by atoms with Crippen molar-refractivity contribution >= 4 is 28.9 Å². The zero-order valence-corrected chi connectivity index (χ0v) is 14.3. The number of benzene rings is 3. The fourth-order valence-corrected chi connectivity index (χ4v) is 2.42. The molecule has 0 aliphatic rings. The Labute approximate surface area is 155 Å². The standard InChI is InChI=1S/C21H17FN2O3/c22-15-7-6-10-17(13-15)24-20(25)14-27-21(26)18-11-4-5-12-19(18)23-16-8-2-1-3-9-16/h1-13,23H,14H2,(H,24,25). The van der Waals surface area contributed by atoms with Crippen LogP contribution in [0.25, 0.3) is 0 Å². The third kappa shape index (κ3) is 5.15. The van der Waals surface area contributed by atoms with E-state index in [9.17, 15) is 14.0 Å². The van der Waals surface area contributed by atoms with Gasteiger partial charge in [-0.25, -0.2) is 9.18 Å². The van der Waals surface area contributed by atoms with Gasteiger partial charge in [-0.15, -0.1) is 0 Å². The molecule has 3 aromatic carbocycles. The average Bonchev–Trinajstić information content (AvgIpc) is 2.67. The molecule has 2 N–H and O–H groups in total. The highest BCUT2D eigenvalue weighted by Crippen LogP contribution is 2.21. The van der Waals surface area contributed by atoms with Crippen LogP contribution in [0.15, 0.2) is 78.9 Å². The summed E-state index contributed by atoms with van der Waals surface area (Å²) in [6.07, 6.45) is 0. The minimum absolute atomic E-state index is 0.294. The first-order valence-electron chi connectivity index (χ1n) is 8.25. The van der Waals surface area contributed by atoms with E-state index in [0.717, 1.165) is 5.69 Å². The lowest BCUT2D eigenvalue weighted by atomic mass is 10.1. The highest BCUT2D eigenvalue weighted by molar-refractivity contribution is 5.99. The molecule has 0 atom stereocenters. The van der Waals surface area contributed by atoms with Crippen molar-refractivity contribution in [3.05, 3.63) is 90.2 Å². The molecule has 136 valence electrons. The molecule has 0 spiro atoms. The first kappa shape index (κ1) is 18.1. The molecular weight excluding hydrogens is 347 g/mol. The summed E-state index contributed by atoms with van der Waals surface area (Å²) in [7, 11) is 0. The van der Waals surface area contributed by atoms with Gasteiger partial charge in [-0.2, -0.15) is 0 Å². The van der Waals surface area contributed by atoms with Crippen molar-refractivity contribution in [1.82, 2.24) is 0 Å². The molecule has 6 heteroatoms. The van der Waals surface area contributed by atoms with Gasteiger partial charge in [-0.3, -0.25) is 4.79 Å². The van der Waals surface area contributed by atoms with E-state index < -0.39 is 24.3 Å². The number of amides is 1. The number of hydrogen-bond acceptors (Lipinski definition) is 4. The quantitative estimate of drug-likeness (QED) is 0.638. The van der Waals surface area contributed by atoms with Gasteiger partial charge in [0.15, 0.2) is 6.61 Å². The van der Waals surface area contributed by atoms with Crippen LogP contribution < -0.4 is 10.6 Å². The van der Waals surface area contributed by atoms with Gasteiger partial charge in [0, 0.05) is 11.4 Å². The maximum atomic E-state index is 13.1. The zero-order valence-electron chi connectivity index (χ0n) is 14.3. The van der Waals surface area contributed by atoms with Gasteiger partial charge >= 0.3 is 5.97 Å². The van der Waals surface area contributed by atoms with Crippen LogP contribution in [0.1, 0.15) is 10.4 Å². The second kappa shape index (κ2) is 8.62. The number of ether oxygens (including phenoxy) is 1. The monoisotopic (exact) mass is 364 g/mol. The molecule has 0 bridgehead atoms. The largest absolute Gasteiger partial charge is 0.452 e. The third-order valence-electron chi connectivity index (χ3n) is 3.64. The molecule has 0 saturated heterocycles. The number of carbonyl (C=O) groups is 2. The van der Waals surface area contributed by atoms with Crippen LogP contribution in [0, 0.1) is 5.82 Å². The van der Waals surface area contributed by atoms with Gasteiger partial charge in [-0.05, 0) is 42.5 Å². The molecular formula is C21H17FN2O3. The Morgan fingerprint density at radius 3 is 2.33 bits per heavy atom. The number of esters is 1. The van der Waals surface area contributed by atoms with Crippen molar-refractivity contribution in [3.63, 3.8) is 0 Å². The highest BCUT2D eigenvalue weighted by Gasteiger charge is 2.14. The Morgan fingerprint density at radius 2 is 1.56 bits per heavy atom. The number of anilines is 3. The Bertz CT molecular complexity index is 945. The summed E-state index contributed by atoms with van der Waals surface area (Å²) in [5.74, 6) is -1.66. The first-order chi connectivity index (χ1) is 13.1. The van der Waals surface area contributed by atoms with Crippen molar-refractivity contribution in [2.75, 3.05) is 17.2 Å². The van der Waals surface area contributed by atoms with Crippen LogP contribution in [0.2, 0.25) is 0 Å². The first-order valence-corrected chi connectivity index (χ1v) is 8.25. The maximum Gasteiger partial charge on any atom is 0.340 e. The van der Waals surface area contributed by atoms with Gasteiger partial charge in [0.05, 0.1) is 11.3 Å². The molecule has 27 heavy (non-hydrogen) atoms. The fraction of sp³-hybridized carbons (Fsp3) is 0.0476. The minimum Gasteiger partial charge on any atom is -0.452 e. The Morgan fingerprint density at radius 1 is 0.852 bits per heavy atom. The van der Waals surface area contributed by atoms with Crippen molar-refractivity contribution < 1.29 is 18.7 Å². The number of para-hydroxylation sites is 2. The number of rotatable bonds is 6. The van der Waals surface area contributed by atoms with Crippen molar-refractivity contribution in [2.45, 2.75) is 0 Å². The normalized spacial score (nSPS) is 10.1. The second-order valence-corrected chi connectivity index (χ2v) is 5.67. The number of halogens is 1. The van der Waals surface area contributed by atoms with E-state index in [1.807, 2.05) is 30.3 Å². The predicted octanol–water partition coefficient (Wildman–Crippen LogP) is 4.36. The topological polar surface area (TPSA) is 67.4 Å². The SMILES string of the molecule is O=C(COC(=O)c1ccccc1Nc1ccccc1)Nc1cccc(F)c1. The van der Waals surface area contributed by atoms with E-state index in [1.165, 1.54) is 18.2 Å². The zero-order chi connectivity index (χ0) is 19.1. The Kier molecular flexibility index (Phi) is 5.79. The highest BCUT2D eigenvalue weighted by atomic mass is 19.1. The van der Waals surface area contributed by atoms with Gasteiger partial charge in [0.1, 0.15) is 5.82 Å². The summed E-state index contributed by atoms with van der Waals surface area (Å²) in [5, 5.41) is 5.62. The van der Waals surface area contributed by atoms with E-state index in [-0.39, 0.29) is 0 Å². The third-order valence-corrected chi connectivity index (χ3v) is 3.64. The van der Waals surface area contributed by atoms with Crippen LogP contribution in [0.3, 0.4) is 0 Å². The minimum atomic E-state index is -0.636. The molecule has 5 nitrogen and oxygen atoms in total. The summed E-state index contributed by atoms with van der Waals surface area (Å²) >= 11 is 0. The lowest BCUT2D eigenvalue weighted by Gasteiger charge is -2.12. The second-order valence-electron chi connectivity index (χ2n) is 5.67. The van der Waals surface area contributed by atoms with Crippen molar-refractivity contribution in [1.29, 1.82) is 0 Å². The van der Waals surface area contributed by atoms with Gasteiger partial charge in [0.25, 0.3) is 5.91 Å². The summed E-state index contributed by atoms with van der Waals surface area (Å²) in [4.78, 5) is 24.3. The number of carbonyl (C=O) groups excluding carboxylic acids is 2. The van der Waals surface area contributed by atoms with Crippen molar-refractivity contribution in [2.24, 2.45) is 0 Å². The van der Waals surface area contributed by atoms with Gasteiger partial charge in [0.2, 0.25) is 0 Å². The van der Waals surface area contributed by atoms with Crippen LogP contribution >= 0.6 is 0 Å². The van der Waals surface area contributed by atoms with E-state index >= 15 is 0 Å². The summed E-state index contributed by atoms with van der Waals surface area (Å²) in [6, 6.07) is 21.7. The number of hydrogen-bond donors (Lipinski definition) is 2. The fourth-order valence-electron chi connectivity index (χ4n) is 2.42. The predicted molar refractivity (Wildman–Crippen MR) is 101 cm³/mol. The summed E-state index contributed by atoms with van der Waals surface area (Å²) in [6.45, 7) is -0.477. The average molecular weight is 364 g/mol. The smallest absolute Gasteiger partial charge is 0.340 e. The molecule has 0 aromatic heterocycles. The molecule has 1 amide bonds. The molecule has 3 aromatic rings. The van der Waals surface area contributed by atoms with Crippen LogP contribution in [0.5, 0.6) is 0 Å². The summed E-state index contributed by atoms with van der Waals surface area (Å²) < 4.78 is 18.2. The molecule has 0 saturated carbocycles. The van der Waals surface area contributed by atoms with E-state index in [0.29, 0.717) is 16.9 Å². The molecule has 0 unspecified atom stereocenters. The Hall–Kier alpha value is -3.67. The lowest BCUT2D eigenvalue weighted by Crippen LogP contribution is -2.21. The molecule has 0 heterocycles. The van der Waals surface area contributed by atoms with E-state index in [1.54, 1.807) is 30.3 Å². The van der Waals surface area contributed by atoms with Crippen LogP contribution in [0.4, 0.5) is 21.5 Å². The summed E-state index contributed by atoms with van der Waals surface area (Å²) in [5.41, 5.74) is 1.99. The van der Waals surface area contributed by atoms with E-state index in [4.69, 9.17) is 4.74 Å². The molecule has 0 aliphatic heterocycles. The molecule has 0 aliphatic carbocycles. The maximum absolute atomic E-state index is 13.1. The van der Waals surface area contributed by atoms with Crippen molar-refractivity contribution in [3.8, 4) is 0 Å². The van der Waals surface area contributed by atoms with Crippen LogP contribution in [-0.4, -0.2) is 18.5 Å². The Balaban J connectivity index is 1.62. The molecule has 0 fully saturated rings. The van der Waals surface area contributed by atoms with Gasteiger partial charge < -0.3 is 15.4 Å². The van der Waals surface area contributed by atoms with Crippen LogP contribution in [-0.2, 0) is 9.53 Å². The molecule has 0 radical (unpaired) electrons. The number of nitrogens with one attached hydrogen (secondary N) is 2.